The van der Waals surface area contributed by atoms with Crippen LogP contribution in [0.5, 0.6) is 0 Å². The van der Waals surface area contributed by atoms with Gasteiger partial charge in [-0.05, 0) is 64.3 Å². The van der Waals surface area contributed by atoms with Crippen molar-refractivity contribution < 1.29 is 19.4 Å². The van der Waals surface area contributed by atoms with Gasteiger partial charge in [0.05, 0.1) is 29.8 Å². The minimum Gasteiger partial charge on any atom is -0.462 e. The van der Waals surface area contributed by atoms with Crippen LogP contribution in [0, 0.1) is 12.8 Å². The SMILES string of the molecule is Cc1cc(-c2nc3ccc(CN[C@H](C(=O)OC(C)C)[C@@H](C)O)cc3n2CC2CCCOC2)cn(C)c1=O. The van der Waals surface area contributed by atoms with Gasteiger partial charge in [0.25, 0.3) is 5.56 Å². The zero-order valence-corrected chi connectivity index (χ0v) is 22.4. The van der Waals surface area contributed by atoms with Crippen LogP contribution in [-0.2, 0) is 34.4 Å². The largest absolute Gasteiger partial charge is 0.462 e. The van der Waals surface area contributed by atoms with Gasteiger partial charge in [-0.1, -0.05) is 6.07 Å². The number of ether oxygens (including phenoxy) is 2. The molecule has 1 saturated heterocycles. The molecule has 1 aliphatic heterocycles. The van der Waals surface area contributed by atoms with Gasteiger partial charge in [-0.2, -0.15) is 0 Å². The molecule has 1 fully saturated rings. The summed E-state index contributed by atoms with van der Waals surface area (Å²) in [5, 5.41) is 13.3. The summed E-state index contributed by atoms with van der Waals surface area (Å²) in [4.78, 5) is 29.7. The molecule has 0 saturated carbocycles. The first-order valence-electron chi connectivity index (χ1n) is 13.0. The first-order valence-corrected chi connectivity index (χ1v) is 13.0. The van der Waals surface area contributed by atoms with Crippen LogP contribution in [0.3, 0.4) is 0 Å². The van der Waals surface area contributed by atoms with Gasteiger partial charge in [0.1, 0.15) is 11.9 Å². The van der Waals surface area contributed by atoms with Crippen LogP contribution in [0.4, 0.5) is 0 Å². The van der Waals surface area contributed by atoms with E-state index in [0.717, 1.165) is 54.0 Å². The van der Waals surface area contributed by atoms with Gasteiger partial charge in [0, 0.05) is 50.0 Å². The minimum absolute atomic E-state index is 0.0240. The molecule has 0 amide bonds. The lowest BCUT2D eigenvalue weighted by atomic mass is 10.0. The van der Waals surface area contributed by atoms with Crippen LogP contribution in [0.1, 0.15) is 44.7 Å². The Labute approximate surface area is 217 Å². The monoisotopic (exact) mass is 510 g/mol. The topological polar surface area (TPSA) is 108 Å². The zero-order chi connectivity index (χ0) is 26.7. The summed E-state index contributed by atoms with van der Waals surface area (Å²) < 4.78 is 14.9. The highest BCUT2D eigenvalue weighted by Gasteiger charge is 2.26. The summed E-state index contributed by atoms with van der Waals surface area (Å²) in [6.45, 7) is 9.60. The van der Waals surface area contributed by atoms with E-state index < -0.39 is 18.1 Å². The molecule has 200 valence electrons. The lowest BCUT2D eigenvalue weighted by molar-refractivity contribution is -0.152. The predicted octanol–water partition coefficient (Wildman–Crippen LogP) is 2.93. The van der Waals surface area contributed by atoms with Crippen molar-refractivity contribution in [2.45, 2.75) is 71.9 Å². The van der Waals surface area contributed by atoms with Crippen molar-refractivity contribution in [1.82, 2.24) is 19.4 Å². The number of esters is 1. The number of nitrogens with one attached hydrogen (secondary N) is 1. The summed E-state index contributed by atoms with van der Waals surface area (Å²) >= 11 is 0. The molecule has 3 heterocycles. The molecule has 0 aliphatic carbocycles. The number of hydrogen-bond acceptors (Lipinski definition) is 7. The van der Waals surface area contributed by atoms with Gasteiger partial charge in [0.2, 0.25) is 0 Å². The van der Waals surface area contributed by atoms with E-state index >= 15 is 0 Å². The second-order valence-electron chi connectivity index (χ2n) is 10.4. The third-order valence-corrected chi connectivity index (χ3v) is 6.74. The molecule has 1 unspecified atom stereocenters. The van der Waals surface area contributed by atoms with Gasteiger partial charge in [-0.25, -0.2) is 4.98 Å². The molecule has 3 atom stereocenters. The molecule has 4 rings (SSSR count). The maximum absolute atomic E-state index is 12.4. The van der Waals surface area contributed by atoms with Crippen LogP contribution in [0.25, 0.3) is 22.4 Å². The third-order valence-electron chi connectivity index (χ3n) is 6.74. The summed E-state index contributed by atoms with van der Waals surface area (Å²) in [7, 11) is 1.76. The van der Waals surface area contributed by atoms with Crippen molar-refractivity contribution in [2.75, 3.05) is 13.2 Å². The molecule has 0 bridgehead atoms. The van der Waals surface area contributed by atoms with Crippen molar-refractivity contribution in [3.05, 3.63) is 51.9 Å². The van der Waals surface area contributed by atoms with E-state index in [1.165, 1.54) is 0 Å². The number of carbonyl (C=O) groups excluding carboxylic acids is 1. The Morgan fingerprint density at radius 2 is 2.08 bits per heavy atom. The molecular weight excluding hydrogens is 472 g/mol. The van der Waals surface area contributed by atoms with Crippen LogP contribution >= 0.6 is 0 Å². The van der Waals surface area contributed by atoms with Gasteiger partial charge in [0.15, 0.2) is 0 Å². The fourth-order valence-electron chi connectivity index (χ4n) is 4.88. The lowest BCUT2D eigenvalue weighted by Gasteiger charge is -2.24. The quantitative estimate of drug-likeness (QED) is 0.426. The van der Waals surface area contributed by atoms with E-state index in [1.54, 1.807) is 32.4 Å². The average molecular weight is 511 g/mol. The second-order valence-corrected chi connectivity index (χ2v) is 10.4. The fraction of sp³-hybridized carbons (Fsp3) is 0.536. The van der Waals surface area contributed by atoms with Gasteiger partial charge >= 0.3 is 5.97 Å². The number of nitrogens with zero attached hydrogens (tertiary/aromatic N) is 3. The summed E-state index contributed by atoms with van der Waals surface area (Å²) in [6, 6.07) is 7.09. The third kappa shape index (κ3) is 6.29. The first-order chi connectivity index (χ1) is 17.6. The number of hydrogen-bond donors (Lipinski definition) is 2. The number of fused-ring (bicyclic) bond motifs is 1. The van der Waals surface area contributed by atoms with E-state index in [9.17, 15) is 14.7 Å². The number of aliphatic hydroxyl groups excluding tert-OH is 1. The number of benzene rings is 1. The molecule has 9 heteroatoms. The molecule has 1 aromatic carbocycles. The van der Waals surface area contributed by atoms with E-state index in [-0.39, 0.29) is 11.7 Å². The van der Waals surface area contributed by atoms with Crippen LogP contribution < -0.4 is 10.9 Å². The Balaban J connectivity index is 1.69. The Morgan fingerprint density at radius 1 is 1.30 bits per heavy atom. The molecule has 3 aromatic rings. The number of aryl methyl sites for hydroxylation is 2. The normalized spacial score (nSPS) is 17.8. The molecular formula is C28H38N4O5. The number of carbonyl (C=O) groups is 1. The summed E-state index contributed by atoms with van der Waals surface area (Å²) in [6.07, 6.45) is 2.80. The fourth-order valence-corrected chi connectivity index (χ4v) is 4.88. The molecule has 0 radical (unpaired) electrons. The summed E-state index contributed by atoms with van der Waals surface area (Å²) in [5.74, 6) is 0.707. The Hall–Kier alpha value is -3.01. The average Bonchev–Trinajstić information content (AvgIpc) is 3.20. The van der Waals surface area contributed by atoms with Crippen molar-refractivity contribution in [3.63, 3.8) is 0 Å². The smallest absolute Gasteiger partial charge is 0.326 e. The Kier molecular flexibility index (Phi) is 8.46. The minimum atomic E-state index is -0.897. The number of aromatic nitrogens is 3. The number of rotatable bonds is 9. The maximum Gasteiger partial charge on any atom is 0.326 e. The van der Waals surface area contributed by atoms with Gasteiger partial charge in [-0.15, -0.1) is 0 Å². The van der Waals surface area contributed by atoms with Gasteiger partial charge < -0.3 is 23.7 Å². The molecule has 2 N–H and O–H groups in total. The number of imidazole rings is 1. The number of aliphatic hydroxyl groups is 1. The molecule has 9 nitrogen and oxygen atoms in total. The molecule has 2 aromatic heterocycles. The standard InChI is InChI=1S/C28H38N4O5/c1-17(2)37-28(35)25(19(4)33)29-13-20-8-9-23-24(12-20)32(14-21-7-6-10-36-16-21)26(30-23)22-11-18(3)27(34)31(5)15-22/h8-9,11-12,15,17,19,21,25,29,33H,6-7,10,13-14,16H2,1-5H3/t19-,21?,25+/m1/s1. The van der Waals surface area contributed by atoms with Crippen molar-refractivity contribution in [2.24, 2.45) is 13.0 Å². The van der Waals surface area contributed by atoms with E-state index in [2.05, 4.69) is 16.0 Å². The van der Waals surface area contributed by atoms with Crippen LogP contribution in [0.15, 0.2) is 35.3 Å². The van der Waals surface area contributed by atoms with Gasteiger partial charge in [-0.3, -0.25) is 14.9 Å². The Morgan fingerprint density at radius 3 is 2.73 bits per heavy atom. The highest BCUT2D eigenvalue weighted by Crippen LogP contribution is 2.28. The molecule has 0 spiro atoms. The second kappa shape index (κ2) is 11.6. The van der Waals surface area contributed by atoms with E-state index in [0.29, 0.717) is 24.6 Å². The van der Waals surface area contributed by atoms with E-state index in [4.69, 9.17) is 14.5 Å². The van der Waals surface area contributed by atoms with Crippen molar-refractivity contribution in [3.8, 4) is 11.4 Å². The molecule has 37 heavy (non-hydrogen) atoms. The van der Waals surface area contributed by atoms with Crippen LogP contribution in [0.2, 0.25) is 0 Å². The van der Waals surface area contributed by atoms with Crippen molar-refractivity contribution in [1.29, 1.82) is 0 Å². The lowest BCUT2D eigenvalue weighted by Crippen LogP contribution is -2.46. The highest BCUT2D eigenvalue weighted by molar-refractivity contribution is 5.81. The summed E-state index contributed by atoms with van der Waals surface area (Å²) in [5.41, 5.74) is 4.32. The van der Waals surface area contributed by atoms with Crippen LogP contribution in [-0.4, -0.2) is 56.7 Å². The molecule has 1 aliphatic rings. The predicted molar refractivity (Wildman–Crippen MR) is 142 cm³/mol. The first kappa shape index (κ1) is 27.0. The van der Waals surface area contributed by atoms with Crippen molar-refractivity contribution >= 4 is 17.0 Å². The maximum atomic E-state index is 12.4. The Bertz CT molecular complexity index is 1280. The highest BCUT2D eigenvalue weighted by atomic mass is 16.5. The zero-order valence-electron chi connectivity index (χ0n) is 22.4. The van der Waals surface area contributed by atoms with E-state index in [1.807, 2.05) is 31.3 Å². The number of pyridine rings is 1.